The first kappa shape index (κ1) is 13.1. The van der Waals surface area contributed by atoms with Gasteiger partial charge < -0.3 is 5.32 Å². The van der Waals surface area contributed by atoms with E-state index >= 15 is 0 Å². The van der Waals surface area contributed by atoms with Crippen LogP contribution in [0.15, 0.2) is 5.18 Å². The number of carbonyl (C=O) groups is 1. The van der Waals surface area contributed by atoms with Crippen LogP contribution in [0, 0.1) is 16.2 Å². The lowest BCUT2D eigenvalue weighted by Gasteiger charge is -2.26. The molecule has 1 amide bonds. The predicted octanol–water partition coefficient (Wildman–Crippen LogP) is 1.94. The molecule has 0 aliphatic rings. The standard InChI is InChI=1S/C10H20N2O2/c1-8(2)5-10(3,4)7-11-9(13)6-12-14/h8H,5-7H2,1-4H3,(H,11,13). The summed E-state index contributed by atoms with van der Waals surface area (Å²) in [5.41, 5.74) is 0.0761. The van der Waals surface area contributed by atoms with Crippen LogP contribution in [-0.4, -0.2) is 19.0 Å². The molecule has 82 valence electrons. The van der Waals surface area contributed by atoms with Gasteiger partial charge in [0.2, 0.25) is 5.91 Å². The SMILES string of the molecule is CC(C)CC(C)(C)CNC(=O)CN=O. The van der Waals surface area contributed by atoms with Crippen LogP contribution in [0.4, 0.5) is 0 Å². The zero-order valence-electron chi connectivity index (χ0n) is 9.46. The molecule has 4 heteroatoms. The van der Waals surface area contributed by atoms with Gasteiger partial charge in [-0.2, -0.15) is 4.91 Å². The minimum atomic E-state index is -0.295. The maximum atomic E-state index is 11.0. The van der Waals surface area contributed by atoms with Crippen molar-refractivity contribution in [3.05, 3.63) is 4.91 Å². The van der Waals surface area contributed by atoms with Crippen LogP contribution >= 0.6 is 0 Å². The van der Waals surface area contributed by atoms with Crippen LogP contribution in [0.3, 0.4) is 0 Å². The Kier molecular flexibility index (Phi) is 5.35. The average molecular weight is 200 g/mol. The quantitative estimate of drug-likeness (QED) is 0.666. The third kappa shape index (κ3) is 6.57. The molecule has 0 aromatic carbocycles. The summed E-state index contributed by atoms with van der Waals surface area (Å²) in [7, 11) is 0. The first-order valence-corrected chi connectivity index (χ1v) is 4.93. The highest BCUT2D eigenvalue weighted by Gasteiger charge is 2.20. The second-order valence-corrected chi connectivity index (χ2v) is 4.83. The molecule has 0 radical (unpaired) electrons. The Morgan fingerprint density at radius 2 is 2.00 bits per heavy atom. The molecule has 0 aromatic heterocycles. The van der Waals surface area contributed by atoms with Crippen molar-refractivity contribution in [2.24, 2.45) is 16.5 Å². The Bertz CT molecular complexity index is 200. The monoisotopic (exact) mass is 200 g/mol. The van der Waals surface area contributed by atoms with Crippen molar-refractivity contribution in [1.82, 2.24) is 5.32 Å². The third-order valence-electron chi connectivity index (χ3n) is 1.93. The minimum Gasteiger partial charge on any atom is -0.354 e. The summed E-state index contributed by atoms with van der Waals surface area (Å²) in [5.74, 6) is 0.308. The van der Waals surface area contributed by atoms with E-state index in [9.17, 15) is 9.70 Å². The molecular weight excluding hydrogens is 180 g/mol. The van der Waals surface area contributed by atoms with Crippen LogP contribution in [0.25, 0.3) is 0 Å². The molecule has 0 aromatic rings. The Hall–Kier alpha value is -0.930. The fourth-order valence-corrected chi connectivity index (χ4v) is 1.63. The lowest BCUT2D eigenvalue weighted by molar-refractivity contribution is -0.120. The Balaban J connectivity index is 3.85. The zero-order valence-corrected chi connectivity index (χ0v) is 9.46. The first-order chi connectivity index (χ1) is 6.37. The molecule has 0 atom stereocenters. The molecule has 0 unspecified atom stereocenters. The van der Waals surface area contributed by atoms with Crippen LogP contribution in [0.2, 0.25) is 0 Å². The molecule has 0 aliphatic carbocycles. The summed E-state index contributed by atoms with van der Waals surface area (Å²) in [4.78, 5) is 20.8. The van der Waals surface area contributed by atoms with Gasteiger partial charge in [-0.05, 0) is 17.8 Å². The maximum Gasteiger partial charge on any atom is 0.245 e. The Morgan fingerprint density at radius 1 is 1.43 bits per heavy atom. The summed E-state index contributed by atoms with van der Waals surface area (Å²) in [6, 6.07) is 0. The average Bonchev–Trinajstić information content (AvgIpc) is 1.99. The smallest absolute Gasteiger partial charge is 0.245 e. The van der Waals surface area contributed by atoms with Gasteiger partial charge in [-0.1, -0.05) is 32.9 Å². The molecule has 1 N–H and O–H groups in total. The van der Waals surface area contributed by atoms with Crippen LogP contribution in [0.1, 0.15) is 34.1 Å². The van der Waals surface area contributed by atoms with E-state index in [-0.39, 0.29) is 17.9 Å². The summed E-state index contributed by atoms with van der Waals surface area (Å²) in [6.07, 6.45) is 1.04. The minimum absolute atomic E-state index is 0.0761. The summed E-state index contributed by atoms with van der Waals surface area (Å²) in [5, 5.41) is 5.23. The Morgan fingerprint density at radius 3 is 2.43 bits per heavy atom. The molecule has 14 heavy (non-hydrogen) atoms. The van der Waals surface area contributed by atoms with Gasteiger partial charge >= 0.3 is 0 Å². The molecule has 0 bridgehead atoms. The van der Waals surface area contributed by atoms with Crippen molar-refractivity contribution in [2.75, 3.05) is 13.1 Å². The van der Waals surface area contributed by atoms with Crippen LogP contribution in [0.5, 0.6) is 0 Å². The van der Waals surface area contributed by atoms with Gasteiger partial charge in [0.1, 0.15) is 0 Å². The van der Waals surface area contributed by atoms with E-state index in [0.717, 1.165) is 6.42 Å². The number of hydrogen-bond acceptors (Lipinski definition) is 3. The normalized spacial score (nSPS) is 11.5. The largest absolute Gasteiger partial charge is 0.354 e. The van der Waals surface area contributed by atoms with E-state index in [1.807, 2.05) is 0 Å². The summed E-state index contributed by atoms with van der Waals surface area (Å²) < 4.78 is 0. The van der Waals surface area contributed by atoms with Crippen molar-refractivity contribution in [1.29, 1.82) is 0 Å². The number of rotatable bonds is 6. The lowest BCUT2D eigenvalue weighted by atomic mass is 9.84. The maximum absolute atomic E-state index is 11.0. The van der Waals surface area contributed by atoms with Crippen molar-refractivity contribution < 1.29 is 4.79 Å². The van der Waals surface area contributed by atoms with E-state index in [4.69, 9.17) is 0 Å². The second-order valence-electron chi connectivity index (χ2n) is 4.83. The number of nitroso groups, excluding NO2 is 1. The molecule has 0 saturated heterocycles. The highest BCUT2D eigenvalue weighted by Crippen LogP contribution is 2.23. The van der Waals surface area contributed by atoms with Crippen molar-refractivity contribution in [2.45, 2.75) is 34.1 Å². The van der Waals surface area contributed by atoms with E-state index in [2.05, 4.69) is 38.2 Å². The van der Waals surface area contributed by atoms with Crippen LogP contribution < -0.4 is 5.32 Å². The third-order valence-corrected chi connectivity index (χ3v) is 1.93. The molecule has 0 fully saturated rings. The number of nitrogens with zero attached hydrogens (tertiary/aromatic N) is 1. The summed E-state index contributed by atoms with van der Waals surface area (Å²) >= 11 is 0. The summed E-state index contributed by atoms with van der Waals surface area (Å²) in [6.45, 7) is 8.81. The molecule has 0 aliphatic heterocycles. The predicted molar refractivity (Wildman–Crippen MR) is 56.9 cm³/mol. The number of amides is 1. The van der Waals surface area contributed by atoms with E-state index < -0.39 is 0 Å². The highest BCUT2D eigenvalue weighted by atomic mass is 16.3. The van der Waals surface area contributed by atoms with E-state index in [0.29, 0.717) is 12.5 Å². The van der Waals surface area contributed by atoms with Crippen molar-refractivity contribution in [3.8, 4) is 0 Å². The fraction of sp³-hybridized carbons (Fsp3) is 0.900. The van der Waals surface area contributed by atoms with Gasteiger partial charge in [-0.15, -0.1) is 0 Å². The van der Waals surface area contributed by atoms with Gasteiger partial charge in [0, 0.05) is 6.54 Å². The van der Waals surface area contributed by atoms with E-state index in [1.54, 1.807) is 0 Å². The molecule has 0 saturated carbocycles. The second kappa shape index (κ2) is 5.73. The van der Waals surface area contributed by atoms with Gasteiger partial charge in [-0.3, -0.25) is 4.79 Å². The van der Waals surface area contributed by atoms with Gasteiger partial charge in [-0.25, -0.2) is 0 Å². The highest BCUT2D eigenvalue weighted by molar-refractivity contribution is 5.78. The number of hydrogen-bond donors (Lipinski definition) is 1. The van der Waals surface area contributed by atoms with Crippen molar-refractivity contribution >= 4 is 5.91 Å². The zero-order chi connectivity index (χ0) is 11.2. The van der Waals surface area contributed by atoms with Gasteiger partial charge in [0.05, 0.1) is 0 Å². The first-order valence-electron chi connectivity index (χ1n) is 4.93. The molecular formula is C10H20N2O2. The van der Waals surface area contributed by atoms with E-state index in [1.165, 1.54) is 0 Å². The molecule has 0 rings (SSSR count). The Labute approximate surface area is 85.4 Å². The van der Waals surface area contributed by atoms with Crippen molar-refractivity contribution in [3.63, 3.8) is 0 Å². The van der Waals surface area contributed by atoms with Crippen LogP contribution in [-0.2, 0) is 4.79 Å². The topological polar surface area (TPSA) is 58.5 Å². The fourth-order valence-electron chi connectivity index (χ4n) is 1.63. The number of nitrogens with one attached hydrogen (secondary N) is 1. The molecule has 4 nitrogen and oxygen atoms in total. The van der Waals surface area contributed by atoms with Gasteiger partial charge in [0.15, 0.2) is 6.54 Å². The number of carbonyl (C=O) groups excluding carboxylic acids is 1. The molecule has 0 heterocycles. The lowest BCUT2D eigenvalue weighted by Crippen LogP contribution is -2.35. The molecule has 0 spiro atoms. The van der Waals surface area contributed by atoms with Gasteiger partial charge in [0.25, 0.3) is 0 Å².